The largest absolute Gasteiger partial charge is 0.333 e. The van der Waals surface area contributed by atoms with Crippen LogP contribution >= 0.6 is 24.8 Å². The van der Waals surface area contributed by atoms with Gasteiger partial charge in [0.05, 0.1) is 11.2 Å². The normalized spacial score (nSPS) is 13.3. The number of aromatic nitrogens is 6. The Kier molecular flexibility index (Phi) is 5.98. The Morgan fingerprint density at radius 2 is 1.89 bits per heavy atom. The molecule has 0 bridgehead atoms. The third kappa shape index (κ3) is 3.48. The second kappa shape index (κ2) is 8.26. The van der Waals surface area contributed by atoms with Crippen LogP contribution in [0.2, 0.25) is 0 Å². The summed E-state index contributed by atoms with van der Waals surface area (Å²) in [6, 6.07) is 10.1. The molecule has 0 fully saturated rings. The van der Waals surface area contributed by atoms with Crippen LogP contribution in [-0.2, 0) is 13.0 Å². The maximum absolute atomic E-state index is 4.84. The molecule has 0 aliphatic carbocycles. The van der Waals surface area contributed by atoms with Crippen molar-refractivity contribution in [1.82, 2.24) is 34.6 Å². The highest BCUT2D eigenvalue weighted by Crippen LogP contribution is 2.25. The fraction of sp³-hybridized carbons (Fsp3) is 0.263. The Hall–Kier alpha value is -2.48. The molecule has 0 saturated heterocycles. The summed E-state index contributed by atoms with van der Waals surface area (Å²) in [5.74, 6) is 2.57. The Labute approximate surface area is 175 Å². The van der Waals surface area contributed by atoms with Gasteiger partial charge in [-0.25, -0.2) is 14.6 Å². The zero-order chi connectivity index (χ0) is 17.5. The van der Waals surface area contributed by atoms with Gasteiger partial charge in [0.1, 0.15) is 17.3 Å². The summed E-state index contributed by atoms with van der Waals surface area (Å²) in [4.78, 5) is 14.1. The highest BCUT2D eigenvalue weighted by Gasteiger charge is 2.19. The summed E-state index contributed by atoms with van der Waals surface area (Å²) < 4.78 is 4.08. The number of pyridine rings is 1. The van der Waals surface area contributed by atoms with Crippen LogP contribution in [0.25, 0.3) is 28.1 Å². The molecular formula is C19H21Cl2N7. The SMILES string of the molecule is Cc1nc(-c2cn3c(n2)CCNCC3)n(-c2cccc3cccnc23)n1.Cl.Cl. The van der Waals surface area contributed by atoms with Crippen molar-refractivity contribution >= 4 is 35.7 Å². The molecule has 0 atom stereocenters. The van der Waals surface area contributed by atoms with Crippen molar-refractivity contribution in [3.8, 4) is 17.2 Å². The van der Waals surface area contributed by atoms with E-state index in [1.165, 1.54) is 0 Å². The number of rotatable bonds is 2. The van der Waals surface area contributed by atoms with E-state index in [0.29, 0.717) is 0 Å². The van der Waals surface area contributed by atoms with Crippen molar-refractivity contribution in [2.24, 2.45) is 0 Å². The molecule has 4 aromatic rings. The third-order valence-corrected chi connectivity index (χ3v) is 4.70. The zero-order valence-electron chi connectivity index (χ0n) is 15.4. The van der Waals surface area contributed by atoms with Gasteiger partial charge < -0.3 is 9.88 Å². The molecule has 0 radical (unpaired) electrons. The van der Waals surface area contributed by atoms with Gasteiger partial charge in [0.2, 0.25) is 0 Å². The van der Waals surface area contributed by atoms with Crippen LogP contribution in [0, 0.1) is 6.92 Å². The number of fused-ring (bicyclic) bond motifs is 2. The zero-order valence-corrected chi connectivity index (χ0v) is 17.0. The topological polar surface area (TPSA) is 73.5 Å². The number of hydrogen-bond donors (Lipinski definition) is 1. The molecule has 1 N–H and O–H groups in total. The Bertz CT molecular complexity index is 1070. The lowest BCUT2D eigenvalue weighted by atomic mass is 10.2. The van der Waals surface area contributed by atoms with E-state index in [1.807, 2.05) is 29.8 Å². The second-order valence-corrected chi connectivity index (χ2v) is 6.48. The van der Waals surface area contributed by atoms with Gasteiger partial charge in [0.15, 0.2) is 5.82 Å². The lowest BCUT2D eigenvalue weighted by Gasteiger charge is -2.07. The molecule has 0 amide bonds. The number of halogens is 2. The van der Waals surface area contributed by atoms with Crippen molar-refractivity contribution < 1.29 is 0 Å². The molecule has 28 heavy (non-hydrogen) atoms. The monoisotopic (exact) mass is 417 g/mol. The summed E-state index contributed by atoms with van der Waals surface area (Å²) in [5, 5.41) is 9.11. The van der Waals surface area contributed by atoms with Crippen LogP contribution in [0.1, 0.15) is 11.6 Å². The van der Waals surface area contributed by atoms with E-state index >= 15 is 0 Å². The van der Waals surface area contributed by atoms with Crippen LogP contribution in [0.15, 0.2) is 42.7 Å². The molecule has 1 aliphatic rings. The van der Waals surface area contributed by atoms with Gasteiger partial charge in [-0.15, -0.1) is 24.8 Å². The predicted molar refractivity (Wildman–Crippen MR) is 114 cm³/mol. The fourth-order valence-electron chi connectivity index (χ4n) is 3.49. The number of para-hydroxylation sites is 1. The van der Waals surface area contributed by atoms with Crippen LogP contribution in [0.5, 0.6) is 0 Å². The van der Waals surface area contributed by atoms with Gasteiger partial charge in [-0.3, -0.25) is 4.98 Å². The number of nitrogens with zero attached hydrogens (tertiary/aromatic N) is 6. The van der Waals surface area contributed by atoms with Crippen molar-refractivity contribution in [3.05, 3.63) is 54.4 Å². The van der Waals surface area contributed by atoms with Gasteiger partial charge in [-0.2, -0.15) is 5.10 Å². The van der Waals surface area contributed by atoms with Gasteiger partial charge in [-0.05, 0) is 19.1 Å². The average Bonchev–Trinajstić information content (AvgIpc) is 3.18. The molecule has 9 heteroatoms. The summed E-state index contributed by atoms with van der Waals surface area (Å²) in [6.45, 7) is 4.74. The summed E-state index contributed by atoms with van der Waals surface area (Å²) in [6.07, 6.45) is 4.81. The second-order valence-electron chi connectivity index (χ2n) is 6.48. The summed E-state index contributed by atoms with van der Waals surface area (Å²) in [7, 11) is 0. The van der Waals surface area contributed by atoms with Crippen LogP contribution < -0.4 is 5.32 Å². The molecule has 5 rings (SSSR count). The van der Waals surface area contributed by atoms with Crippen molar-refractivity contribution in [1.29, 1.82) is 0 Å². The van der Waals surface area contributed by atoms with Crippen LogP contribution in [0.3, 0.4) is 0 Å². The van der Waals surface area contributed by atoms with Gasteiger partial charge in [0, 0.05) is 43.8 Å². The van der Waals surface area contributed by atoms with E-state index in [2.05, 4.69) is 43.3 Å². The minimum Gasteiger partial charge on any atom is -0.333 e. The van der Waals surface area contributed by atoms with Crippen molar-refractivity contribution in [2.75, 3.05) is 13.1 Å². The van der Waals surface area contributed by atoms with Gasteiger partial charge in [-0.1, -0.05) is 18.2 Å². The Balaban J connectivity index is 0.00000112. The van der Waals surface area contributed by atoms with E-state index in [1.54, 1.807) is 6.20 Å². The Morgan fingerprint density at radius 3 is 2.79 bits per heavy atom. The van der Waals surface area contributed by atoms with E-state index < -0.39 is 0 Å². The average molecular weight is 418 g/mol. The first kappa shape index (κ1) is 20.3. The number of hydrogen-bond acceptors (Lipinski definition) is 5. The lowest BCUT2D eigenvalue weighted by Crippen LogP contribution is -2.17. The molecule has 1 aromatic carbocycles. The van der Waals surface area contributed by atoms with Crippen LogP contribution in [0.4, 0.5) is 0 Å². The molecule has 146 valence electrons. The minimum absolute atomic E-state index is 0. The third-order valence-electron chi connectivity index (χ3n) is 4.70. The molecule has 4 heterocycles. The summed E-state index contributed by atoms with van der Waals surface area (Å²) >= 11 is 0. The first-order valence-corrected chi connectivity index (χ1v) is 8.84. The van der Waals surface area contributed by atoms with Crippen molar-refractivity contribution in [2.45, 2.75) is 19.9 Å². The molecule has 7 nitrogen and oxygen atoms in total. The molecule has 0 unspecified atom stereocenters. The fourth-order valence-corrected chi connectivity index (χ4v) is 3.49. The standard InChI is InChI=1S/C19H19N7.2ClH/c1-13-22-19(15-12-25-11-10-20-9-7-17(25)23-15)26(24-13)16-6-2-4-14-5-3-8-21-18(14)16;;/h2-6,8,12,20H,7,9-11H2,1H3;2*1H. The highest BCUT2D eigenvalue weighted by atomic mass is 35.5. The van der Waals surface area contributed by atoms with E-state index in [-0.39, 0.29) is 24.8 Å². The van der Waals surface area contributed by atoms with E-state index in [9.17, 15) is 0 Å². The maximum atomic E-state index is 4.84. The number of imidazole rings is 1. The molecular weight excluding hydrogens is 397 g/mol. The first-order chi connectivity index (χ1) is 12.8. The maximum Gasteiger partial charge on any atom is 0.183 e. The van der Waals surface area contributed by atoms with Gasteiger partial charge in [0.25, 0.3) is 0 Å². The molecule has 0 spiro atoms. The smallest absolute Gasteiger partial charge is 0.183 e. The van der Waals surface area contributed by atoms with Gasteiger partial charge >= 0.3 is 0 Å². The quantitative estimate of drug-likeness (QED) is 0.542. The Morgan fingerprint density at radius 1 is 1.04 bits per heavy atom. The van der Waals surface area contributed by atoms with E-state index in [0.717, 1.165) is 65.8 Å². The minimum atomic E-state index is 0. The predicted octanol–water partition coefficient (Wildman–Crippen LogP) is 2.98. The first-order valence-electron chi connectivity index (χ1n) is 8.84. The lowest BCUT2D eigenvalue weighted by molar-refractivity contribution is 0.646. The van der Waals surface area contributed by atoms with E-state index in [4.69, 9.17) is 4.98 Å². The molecule has 0 saturated carbocycles. The number of nitrogens with one attached hydrogen (secondary N) is 1. The number of benzene rings is 1. The van der Waals surface area contributed by atoms with Crippen molar-refractivity contribution in [3.63, 3.8) is 0 Å². The summed E-state index contributed by atoms with van der Waals surface area (Å²) in [5.41, 5.74) is 2.69. The highest BCUT2D eigenvalue weighted by molar-refractivity contribution is 5.86. The van der Waals surface area contributed by atoms with Crippen LogP contribution in [-0.4, -0.2) is 42.4 Å². The molecule has 3 aromatic heterocycles. The molecule has 1 aliphatic heterocycles. The number of aryl methyl sites for hydroxylation is 1.